The van der Waals surface area contributed by atoms with Crippen molar-refractivity contribution in [2.75, 3.05) is 19.6 Å². The lowest BCUT2D eigenvalue weighted by atomic mass is 10.1. The van der Waals surface area contributed by atoms with Crippen LogP contribution in [0.3, 0.4) is 0 Å². The third-order valence-electron chi connectivity index (χ3n) is 2.46. The average Bonchev–Trinajstić information content (AvgIpc) is 2.29. The summed E-state index contributed by atoms with van der Waals surface area (Å²) in [7, 11) is 0. The predicted molar refractivity (Wildman–Crippen MR) is 62.5 cm³/mol. The van der Waals surface area contributed by atoms with Crippen molar-refractivity contribution in [1.82, 2.24) is 9.88 Å². The molecule has 5 nitrogen and oxygen atoms in total. The van der Waals surface area contributed by atoms with E-state index in [1.54, 1.807) is 6.20 Å². The van der Waals surface area contributed by atoms with Crippen LogP contribution >= 0.6 is 0 Å². The number of carbonyl (C=O) groups excluding carboxylic acids is 1. The fourth-order valence-electron chi connectivity index (χ4n) is 1.67. The molecule has 1 unspecified atom stereocenters. The van der Waals surface area contributed by atoms with E-state index in [-0.39, 0.29) is 18.5 Å². The molecule has 1 aromatic rings. The number of aromatic nitrogens is 1. The van der Waals surface area contributed by atoms with E-state index in [1.807, 2.05) is 30.0 Å². The van der Waals surface area contributed by atoms with Crippen LogP contribution in [0.2, 0.25) is 0 Å². The normalized spacial score (nSPS) is 12.7. The Hall–Kier alpha value is -1.46. The number of hydrogen-bond donors (Lipinski definition) is 2. The summed E-state index contributed by atoms with van der Waals surface area (Å²) in [6, 6.07) is 5.60. The molecule has 1 heterocycles. The number of carbonyl (C=O) groups is 1. The number of nitrogens with zero attached hydrogens (tertiary/aromatic N) is 2. The molecular formula is C11H18N4O. The number of amides is 1. The van der Waals surface area contributed by atoms with Gasteiger partial charge in [0, 0.05) is 12.7 Å². The van der Waals surface area contributed by atoms with E-state index >= 15 is 0 Å². The summed E-state index contributed by atoms with van der Waals surface area (Å²) < 4.78 is 0. The first-order valence-electron chi connectivity index (χ1n) is 5.32. The molecule has 0 aliphatic carbocycles. The van der Waals surface area contributed by atoms with Crippen molar-refractivity contribution in [3.63, 3.8) is 0 Å². The number of pyridine rings is 1. The highest BCUT2D eigenvalue weighted by Gasteiger charge is 2.19. The molecule has 1 atom stereocenters. The Balaban J connectivity index is 2.83. The molecule has 0 fully saturated rings. The molecule has 0 saturated carbocycles. The highest BCUT2D eigenvalue weighted by molar-refractivity contribution is 5.76. The van der Waals surface area contributed by atoms with Gasteiger partial charge in [0.1, 0.15) is 0 Å². The zero-order valence-electron chi connectivity index (χ0n) is 9.47. The molecule has 0 bridgehead atoms. The van der Waals surface area contributed by atoms with Crippen molar-refractivity contribution < 1.29 is 4.79 Å². The van der Waals surface area contributed by atoms with Gasteiger partial charge in [0.25, 0.3) is 0 Å². The van der Waals surface area contributed by atoms with E-state index in [0.717, 1.165) is 5.69 Å². The second-order valence-electron chi connectivity index (χ2n) is 3.54. The van der Waals surface area contributed by atoms with Gasteiger partial charge in [-0.2, -0.15) is 0 Å². The first kappa shape index (κ1) is 12.6. The minimum atomic E-state index is -0.351. The average molecular weight is 222 g/mol. The zero-order chi connectivity index (χ0) is 12.0. The summed E-state index contributed by atoms with van der Waals surface area (Å²) in [4.78, 5) is 17.1. The van der Waals surface area contributed by atoms with E-state index < -0.39 is 0 Å². The van der Waals surface area contributed by atoms with Crippen LogP contribution in [0.1, 0.15) is 18.7 Å². The number of likely N-dealkylation sites (N-methyl/N-ethyl adjacent to an activating group) is 1. The van der Waals surface area contributed by atoms with E-state index in [2.05, 4.69) is 4.98 Å². The van der Waals surface area contributed by atoms with E-state index in [9.17, 15) is 4.79 Å². The van der Waals surface area contributed by atoms with Gasteiger partial charge in [-0.3, -0.25) is 14.7 Å². The maximum atomic E-state index is 10.9. The van der Waals surface area contributed by atoms with Gasteiger partial charge in [-0.05, 0) is 18.7 Å². The van der Waals surface area contributed by atoms with Crippen LogP contribution in [-0.2, 0) is 4.79 Å². The lowest BCUT2D eigenvalue weighted by Crippen LogP contribution is -2.39. The second kappa shape index (κ2) is 6.19. The molecule has 4 N–H and O–H groups in total. The molecule has 1 aromatic heterocycles. The third kappa shape index (κ3) is 3.29. The van der Waals surface area contributed by atoms with E-state index in [4.69, 9.17) is 11.5 Å². The first-order valence-corrected chi connectivity index (χ1v) is 5.32. The molecule has 1 amide bonds. The molecular weight excluding hydrogens is 204 g/mol. The quantitative estimate of drug-likeness (QED) is 0.703. The molecule has 0 radical (unpaired) electrons. The highest BCUT2D eigenvalue weighted by atomic mass is 16.1. The van der Waals surface area contributed by atoms with Crippen LogP contribution in [0.4, 0.5) is 0 Å². The lowest BCUT2D eigenvalue weighted by Gasteiger charge is -2.27. The molecule has 0 saturated heterocycles. The molecule has 0 spiro atoms. The van der Waals surface area contributed by atoms with E-state index in [0.29, 0.717) is 13.1 Å². The van der Waals surface area contributed by atoms with Gasteiger partial charge in [0.15, 0.2) is 0 Å². The Kier molecular flexibility index (Phi) is 4.88. The van der Waals surface area contributed by atoms with Crippen molar-refractivity contribution in [2.45, 2.75) is 13.0 Å². The van der Waals surface area contributed by atoms with Gasteiger partial charge >= 0.3 is 0 Å². The smallest absolute Gasteiger partial charge is 0.231 e. The van der Waals surface area contributed by atoms with Gasteiger partial charge in [-0.1, -0.05) is 13.0 Å². The fourth-order valence-corrected chi connectivity index (χ4v) is 1.67. The molecule has 16 heavy (non-hydrogen) atoms. The zero-order valence-corrected chi connectivity index (χ0v) is 9.47. The second-order valence-corrected chi connectivity index (χ2v) is 3.54. The Morgan fingerprint density at radius 2 is 2.31 bits per heavy atom. The third-order valence-corrected chi connectivity index (χ3v) is 2.46. The Morgan fingerprint density at radius 1 is 1.56 bits per heavy atom. The van der Waals surface area contributed by atoms with Crippen molar-refractivity contribution >= 4 is 5.91 Å². The largest absolute Gasteiger partial charge is 0.369 e. The van der Waals surface area contributed by atoms with Crippen molar-refractivity contribution in [1.29, 1.82) is 0 Å². The number of rotatable bonds is 6. The summed E-state index contributed by atoms with van der Waals surface area (Å²) in [5.74, 6) is -0.351. The fraction of sp³-hybridized carbons (Fsp3) is 0.455. The van der Waals surface area contributed by atoms with Crippen LogP contribution in [0.5, 0.6) is 0 Å². The maximum Gasteiger partial charge on any atom is 0.231 e. The predicted octanol–water partition coefficient (Wildman–Crippen LogP) is -0.111. The van der Waals surface area contributed by atoms with Gasteiger partial charge in [-0.25, -0.2) is 0 Å². The van der Waals surface area contributed by atoms with Crippen LogP contribution in [-0.4, -0.2) is 35.4 Å². The maximum absolute atomic E-state index is 10.9. The molecule has 88 valence electrons. The SMILES string of the molecule is CCN(CC(N)=O)C(CN)c1ccccn1. The monoisotopic (exact) mass is 222 g/mol. The lowest BCUT2D eigenvalue weighted by molar-refractivity contribution is -0.119. The van der Waals surface area contributed by atoms with Crippen molar-refractivity contribution in [3.05, 3.63) is 30.1 Å². The summed E-state index contributed by atoms with van der Waals surface area (Å²) in [5, 5.41) is 0. The molecule has 0 aromatic carbocycles. The van der Waals surface area contributed by atoms with Crippen LogP contribution in [0.25, 0.3) is 0 Å². The topological polar surface area (TPSA) is 85.2 Å². The minimum absolute atomic E-state index is 0.0568. The Labute approximate surface area is 95.4 Å². The molecule has 0 aliphatic rings. The summed E-state index contributed by atoms with van der Waals surface area (Å²) in [5.41, 5.74) is 11.8. The molecule has 5 heteroatoms. The number of nitrogens with two attached hydrogens (primary N) is 2. The first-order chi connectivity index (χ1) is 7.69. The van der Waals surface area contributed by atoms with Crippen LogP contribution in [0, 0.1) is 0 Å². The van der Waals surface area contributed by atoms with Gasteiger partial charge in [-0.15, -0.1) is 0 Å². The van der Waals surface area contributed by atoms with Crippen LogP contribution < -0.4 is 11.5 Å². The van der Waals surface area contributed by atoms with Crippen molar-refractivity contribution in [3.8, 4) is 0 Å². The van der Waals surface area contributed by atoms with Crippen LogP contribution in [0.15, 0.2) is 24.4 Å². The standard InChI is InChI=1S/C11H18N4O/c1-2-15(8-11(13)16)10(7-12)9-5-3-4-6-14-9/h3-6,10H,2,7-8,12H2,1H3,(H2,13,16). The van der Waals surface area contributed by atoms with Gasteiger partial charge in [0.2, 0.25) is 5.91 Å². The Morgan fingerprint density at radius 3 is 2.75 bits per heavy atom. The summed E-state index contributed by atoms with van der Waals surface area (Å²) >= 11 is 0. The summed E-state index contributed by atoms with van der Waals surface area (Å²) in [6.07, 6.45) is 1.72. The van der Waals surface area contributed by atoms with E-state index in [1.165, 1.54) is 0 Å². The van der Waals surface area contributed by atoms with Crippen molar-refractivity contribution in [2.24, 2.45) is 11.5 Å². The minimum Gasteiger partial charge on any atom is -0.369 e. The molecule has 0 aliphatic heterocycles. The highest BCUT2D eigenvalue weighted by Crippen LogP contribution is 2.16. The molecule has 1 rings (SSSR count). The van der Waals surface area contributed by atoms with Gasteiger partial charge < -0.3 is 11.5 Å². The summed E-state index contributed by atoms with van der Waals surface area (Å²) in [6.45, 7) is 3.29. The van der Waals surface area contributed by atoms with Gasteiger partial charge in [0.05, 0.1) is 18.3 Å². The number of primary amides is 1. The number of hydrogen-bond acceptors (Lipinski definition) is 4. The Bertz CT molecular complexity index is 328.